The first kappa shape index (κ1) is 20.3. The summed E-state index contributed by atoms with van der Waals surface area (Å²) in [5.74, 6) is 0.708. The number of aromatic amines is 1. The molecule has 0 fully saturated rings. The van der Waals surface area contributed by atoms with Gasteiger partial charge in [-0.15, -0.1) is 0 Å². The highest BCUT2D eigenvalue weighted by atomic mass is 32.2. The van der Waals surface area contributed by atoms with Crippen LogP contribution in [0.25, 0.3) is 33.7 Å². The monoisotopic (exact) mass is 437 g/mol. The third-order valence-corrected chi connectivity index (χ3v) is 6.41. The Kier molecular flexibility index (Phi) is 5.41. The van der Waals surface area contributed by atoms with Crippen LogP contribution in [0.2, 0.25) is 0 Å². The number of nitrogens with zero attached hydrogens (tertiary/aromatic N) is 2. The fourth-order valence-corrected chi connectivity index (χ4v) is 4.69. The second-order valence-corrected chi connectivity index (χ2v) is 8.83. The number of rotatable bonds is 5. The number of aromatic nitrogens is 3. The lowest BCUT2D eigenvalue weighted by atomic mass is 10.1. The molecule has 32 heavy (non-hydrogen) atoms. The minimum atomic E-state index is -0.0746. The Balaban J connectivity index is 1.65. The highest BCUT2D eigenvalue weighted by molar-refractivity contribution is 7.99. The van der Waals surface area contributed by atoms with Gasteiger partial charge in [0.25, 0.3) is 5.56 Å². The molecular weight excluding hydrogens is 414 g/mol. The minimum Gasteiger partial charge on any atom is -0.349 e. The second-order valence-electron chi connectivity index (χ2n) is 7.84. The van der Waals surface area contributed by atoms with Crippen LogP contribution in [0.4, 0.5) is 0 Å². The molecule has 5 aromatic rings. The quantitative estimate of drug-likeness (QED) is 0.260. The summed E-state index contributed by atoms with van der Waals surface area (Å²) in [6, 6.07) is 24.3. The van der Waals surface area contributed by atoms with Crippen molar-refractivity contribution < 1.29 is 0 Å². The molecular formula is C27H23N3OS. The van der Waals surface area contributed by atoms with Crippen LogP contribution in [0, 0.1) is 13.8 Å². The molecule has 0 amide bonds. The van der Waals surface area contributed by atoms with Crippen LogP contribution in [-0.2, 0) is 0 Å². The van der Waals surface area contributed by atoms with Gasteiger partial charge in [0, 0.05) is 16.7 Å². The van der Waals surface area contributed by atoms with Crippen molar-refractivity contribution in [2.75, 3.05) is 5.75 Å². The van der Waals surface area contributed by atoms with E-state index in [1.54, 1.807) is 16.3 Å². The first-order valence-electron chi connectivity index (χ1n) is 10.6. The molecule has 0 aliphatic rings. The molecule has 2 aromatic heterocycles. The fourth-order valence-electron chi connectivity index (χ4n) is 3.88. The van der Waals surface area contributed by atoms with Crippen LogP contribution in [-0.4, -0.2) is 20.3 Å². The molecule has 158 valence electrons. The zero-order valence-electron chi connectivity index (χ0n) is 18.0. The Morgan fingerprint density at radius 3 is 2.62 bits per heavy atom. The minimum absolute atomic E-state index is 0.0746. The van der Waals surface area contributed by atoms with E-state index in [1.807, 2.05) is 56.3 Å². The van der Waals surface area contributed by atoms with Crippen molar-refractivity contribution in [1.29, 1.82) is 0 Å². The average molecular weight is 438 g/mol. The standard InChI is InChI=1S/C27H23N3OS/c1-18-14-15-19(2)23(17-18)30-26(31)25-24(21-12-6-7-13-22(21)28-25)29-27(30)32-16-8-11-20-9-4-3-5-10-20/h3-15,17,28H,16H2,1-2H3/b11-8+. The molecule has 0 spiro atoms. The largest absolute Gasteiger partial charge is 0.349 e. The molecule has 1 N–H and O–H groups in total. The van der Waals surface area contributed by atoms with Gasteiger partial charge in [-0.3, -0.25) is 9.36 Å². The normalized spacial score (nSPS) is 11.7. The van der Waals surface area contributed by atoms with Crippen LogP contribution in [0.3, 0.4) is 0 Å². The maximum absolute atomic E-state index is 13.7. The van der Waals surface area contributed by atoms with Crippen LogP contribution in [0.5, 0.6) is 0 Å². The second kappa shape index (κ2) is 8.52. The van der Waals surface area contributed by atoms with E-state index in [0.717, 1.165) is 38.8 Å². The number of H-pyrrole nitrogens is 1. The molecule has 2 heterocycles. The van der Waals surface area contributed by atoms with E-state index in [9.17, 15) is 4.79 Å². The topological polar surface area (TPSA) is 50.7 Å². The Morgan fingerprint density at radius 1 is 1.00 bits per heavy atom. The Morgan fingerprint density at radius 2 is 1.78 bits per heavy atom. The van der Waals surface area contributed by atoms with E-state index < -0.39 is 0 Å². The average Bonchev–Trinajstić information content (AvgIpc) is 3.19. The molecule has 0 unspecified atom stereocenters. The lowest BCUT2D eigenvalue weighted by Crippen LogP contribution is -2.22. The number of aryl methyl sites for hydroxylation is 2. The number of hydrogen-bond donors (Lipinski definition) is 1. The third kappa shape index (κ3) is 3.76. The number of nitrogens with one attached hydrogen (secondary N) is 1. The number of thioether (sulfide) groups is 1. The Labute approximate surface area is 190 Å². The van der Waals surface area contributed by atoms with E-state index >= 15 is 0 Å². The van der Waals surface area contributed by atoms with Crippen molar-refractivity contribution in [3.63, 3.8) is 0 Å². The highest BCUT2D eigenvalue weighted by Crippen LogP contribution is 2.27. The van der Waals surface area contributed by atoms with Crippen molar-refractivity contribution in [2.24, 2.45) is 0 Å². The smallest absolute Gasteiger partial charge is 0.283 e. The fraction of sp³-hybridized carbons (Fsp3) is 0.111. The van der Waals surface area contributed by atoms with Gasteiger partial charge in [0.15, 0.2) is 5.16 Å². The number of para-hydroxylation sites is 1. The zero-order valence-corrected chi connectivity index (χ0v) is 18.8. The number of hydrogen-bond acceptors (Lipinski definition) is 3. The third-order valence-electron chi connectivity index (χ3n) is 5.52. The van der Waals surface area contributed by atoms with E-state index in [2.05, 4.69) is 47.5 Å². The maximum Gasteiger partial charge on any atom is 0.283 e. The summed E-state index contributed by atoms with van der Waals surface area (Å²) in [5.41, 5.74) is 6.28. The van der Waals surface area contributed by atoms with Gasteiger partial charge in [-0.2, -0.15) is 0 Å². The van der Waals surface area contributed by atoms with Crippen LogP contribution in [0.1, 0.15) is 16.7 Å². The molecule has 0 bridgehead atoms. The summed E-state index contributed by atoms with van der Waals surface area (Å²) < 4.78 is 1.75. The van der Waals surface area contributed by atoms with Gasteiger partial charge >= 0.3 is 0 Å². The van der Waals surface area contributed by atoms with Crippen molar-refractivity contribution in [2.45, 2.75) is 19.0 Å². The first-order chi connectivity index (χ1) is 15.6. The molecule has 0 aliphatic carbocycles. The number of fused-ring (bicyclic) bond motifs is 3. The SMILES string of the molecule is Cc1ccc(C)c(-n2c(SC/C=C/c3ccccc3)nc3c([nH]c4ccccc43)c2=O)c1. The van der Waals surface area contributed by atoms with Gasteiger partial charge in [-0.1, -0.05) is 84.6 Å². The molecule has 0 radical (unpaired) electrons. The van der Waals surface area contributed by atoms with Gasteiger partial charge in [0.2, 0.25) is 0 Å². The highest BCUT2D eigenvalue weighted by Gasteiger charge is 2.18. The molecule has 0 atom stereocenters. The first-order valence-corrected chi connectivity index (χ1v) is 11.6. The van der Waals surface area contributed by atoms with Gasteiger partial charge in [-0.05, 0) is 42.7 Å². The maximum atomic E-state index is 13.7. The van der Waals surface area contributed by atoms with Gasteiger partial charge in [0.05, 0.1) is 5.69 Å². The lowest BCUT2D eigenvalue weighted by molar-refractivity contribution is 0.813. The summed E-state index contributed by atoms with van der Waals surface area (Å²) in [6.45, 7) is 4.07. The Hall–Kier alpha value is -3.57. The number of benzene rings is 3. The zero-order chi connectivity index (χ0) is 22.1. The summed E-state index contributed by atoms with van der Waals surface area (Å²) in [6.07, 6.45) is 4.20. The van der Waals surface area contributed by atoms with Crippen LogP contribution >= 0.6 is 11.8 Å². The van der Waals surface area contributed by atoms with Crippen LogP contribution in [0.15, 0.2) is 88.8 Å². The van der Waals surface area contributed by atoms with Crippen molar-refractivity contribution in [3.05, 3.63) is 106 Å². The lowest BCUT2D eigenvalue weighted by Gasteiger charge is -2.14. The molecule has 0 saturated carbocycles. The van der Waals surface area contributed by atoms with E-state index in [1.165, 1.54) is 0 Å². The molecule has 5 heteroatoms. The van der Waals surface area contributed by atoms with Gasteiger partial charge in [0.1, 0.15) is 11.0 Å². The van der Waals surface area contributed by atoms with Gasteiger partial charge < -0.3 is 4.98 Å². The molecule has 0 saturated heterocycles. The molecule has 0 aliphatic heterocycles. The van der Waals surface area contributed by atoms with Crippen molar-refractivity contribution in [3.8, 4) is 5.69 Å². The van der Waals surface area contributed by atoms with E-state index in [4.69, 9.17) is 4.98 Å². The predicted molar refractivity (Wildman–Crippen MR) is 135 cm³/mol. The summed E-state index contributed by atoms with van der Waals surface area (Å²) in [7, 11) is 0. The van der Waals surface area contributed by atoms with Crippen molar-refractivity contribution >= 4 is 39.8 Å². The summed E-state index contributed by atoms with van der Waals surface area (Å²) in [4.78, 5) is 22.0. The summed E-state index contributed by atoms with van der Waals surface area (Å²) >= 11 is 1.57. The Bertz CT molecular complexity index is 1510. The van der Waals surface area contributed by atoms with E-state index in [-0.39, 0.29) is 5.56 Å². The van der Waals surface area contributed by atoms with Gasteiger partial charge in [-0.25, -0.2) is 4.98 Å². The summed E-state index contributed by atoms with van der Waals surface area (Å²) in [5, 5.41) is 1.66. The van der Waals surface area contributed by atoms with Crippen LogP contribution < -0.4 is 5.56 Å². The molecule has 5 rings (SSSR count). The van der Waals surface area contributed by atoms with Crippen molar-refractivity contribution in [1.82, 2.24) is 14.5 Å². The van der Waals surface area contributed by atoms with E-state index in [0.29, 0.717) is 16.4 Å². The molecule has 3 aromatic carbocycles. The predicted octanol–water partition coefficient (Wildman–Crippen LogP) is 6.29. The molecule has 4 nitrogen and oxygen atoms in total.